The van der Waals surface area contributed by atoms with E-state index in [1.165, 1.54) is 3.57 Å². The normalized spacial score (nSPS) is 13.1. The maximum Gasteiger partial charge on any atom is 0.163 e. The highest BCUT2D eigenvalue weighted by Gasteiger charge is 2.14. The third-order valence-electron chi connectivity index (χ3n) is 3.01. The smallest absolute Gasteiger partial charge is 0.163 e. The lowest BCUT2D eigenvalue weighted by Crippen LogP contribution is -2.16. The van der Waals surface area contributed by atoms with Crippen molar-refractivity contribution in [1.82, 2.24) is 0 Å². The van der Waals surface area contributed by atoms with Crippen LogP contribution in [0.2, 0.25) is 0 Å². The summed E-state index contributed by atoms with van der Waals surface area (Å²) in [6.45, 7) is 1.53. The van der Waals surface area contributed by atoms with Crippen molar-refractivity contribution in [1.29, 1.82) is 0 Å². The first-order valence-electron chi connectivity index (χ1n) is 6.29. The molecule has 0 bridgehead atoms. The molecule has 2 aromatic rings. The zero-order chi connectivity index (χ0) is 13.9. The minimum absolute atomic E-state index is 0.406. The first-order chi connectivity index (χ1) is 9.72. The van der Waals surface area contributed by atoms with Crippen LogP contribution >= 0.6 is 22.6 Å². The van der Waals surface area contributed by atoms with Crippen molar-refractivity contribution in [2.45, 2.75) is 6.61 Å². The molecule has 0 amide bonds. The van der Waals surface area contributed by atoms with E-state index in [1.807, 2.05) is 30.3 Å². The summed E-state index contributed by atoms with van der Waals surface area (Å²) >= 11 is 2.26. The molecule has 1 aliphatic rings. The van der Waals surface area contributed by atoms with E-state index in [0.29, 0.717) is 31.3 Å². The first kappa shape index (κ1) is 13.4. The van der Waals surface area contributed by atoms with Gasteiger partial charge in [0, 0.05) is 20.9 Å². The van der Waals surface area contributed by atoms with Crippen molar-refractivity contribution in [2.24, 2.45) is 0 Å². The highest BCUT2D eigenvalue weighted by molar-refractivity contribution is 14.1. The SMILES string of the molecule is Nc1cc2c(cc1COc1ccc(I)cc1)OCCO2. The number of hydrogen-bond donors (Lipinski definition) is 1. The van der Waals surface area contributed by atoms with E-state index >= 15 is 0 Å². The fourth-order valence-corrected chi connectivity index (χ4v) is 2.32. The minimum Gasteiger partial charge on any atom is -0.489 e. The molecule has 0 saturated carbocycles. The van der Waals surface area contributed by atoms with Crippen molar-refractivity contribution in [3.63, 3.8) is 0 Å². The van der Waals surface area contributed by atoms with Gasteiger partial charge in [-0.25, -0.2) is 0 Å². The Bertz CT molecular complexity index is 613. The molecule has 20 heavy (non-hydrogen) atoms. The van der Waals surface area contributed by atoms with Crippen molar-refractivity contribution >= 4 is 28.3 Å². The Morgan fingerprint density at radius 2 is 1.70 bits per heavy atom. The van der Waals surface area contributed by atoms with E-state index in [1.54, 1.807) is 6.07 Å². The molecule has 0 radical (unpaired) electrons. The average Bonchev–Trinajstić information content (AvgIpc) is 2.47. The Balaban J connectivity index is 1.75. The van der Waals surface area contributed by atoms with Crippen LogP contribution in [0.1, 0.15) is 5.56 Å². The van der Waals surface area contributed by atoms with Gasteiger partial charge in [0.1, 0.15) is 25.6 Å². The number of nitrogens with two attached hydrogens (primary N) is 1. The molecule has 0 spiro atoms. The number of hydrogen-bond acceptors (Lipinski definition) is 4. The second-order valence-electron chi connectivity index (χ2n) is 4.44. The number of halogens is 1. The Morgan fingerprint density at radius 1 is 1.05 bits per heavy atom. The van der Waals surface area contributed by atoms with Crippen LogP contribution in [0.4, 0.5) is 5.69 Å². The van der Waals surface area contributed by atoms with Crippen LogP contribution in [0, 0.1) is 3.57 Å². The van der Waals surface area contributed by atoms with Crippen LogP contribution in [0.15, 0.2) is 36.4 Å². The molecular formula is C15H14INO3. The van der Waals surface area contributed by atoms with Crippen molar-refractivity contribution in [3.05, 3.63) is 45.5 Å². The van der Waals surface area contributed by atoms with E-state index in [2.05, 4.69) is 22.6 Å². The summed E-state index contributed by atoms with van der Waals surface area (Å²) in [5.41, 5.74) is 7.56. The lowest BCUT2D eigenvalue weighted by atomic mass is 10.1. The van der Waals surface area contributed by atoms with Gasteiger partial charge in [-0.2, -0.15) is 0 Å². The lowest BCUT2D eigenvalue weighted by Gasteiger charge is -2.20. The quantitative estimate of drug-likeness (QED) is 0.653. The van der Waals surface area contributed by atoms with E-state index in [4.69, 9.17) is 19.9 Å². The molecule has 0 aromatic heterocycles. The predicted octanol–water partition coefficient (Wildman–Crippen LogP) is 3.22. The molecule has 4 nitrogen and oxygen atoms in total. The molecule has 3 rings (SSSR count). The fourth-order valence-electron chi connectivity index (χ4n) is 1.96. The number of fused-ring (bicyclic) bond motifs is 1. The van der Waals surface area contributed by atoms with Crippen LogP contribution < -0.4 is 19.9 Å². The molecule has 1 aliphatic heterocycles. The summed E-state index contributed by atoms with van der Waals surface area (Å²) in [6.07, 6.45) is 0. The second kappa shape index (κ2) is 5.78. The first-order valence-corrected chi connectivity index (χ1v) is 7.36. The van der Waals surface area contributed by atoms with Gasteiger partial charge in [0.25, 0.3) is 0 Å². The Hall–Kier alpha value is -1.63. The van der Waals surface area contributed by atoms with Crippen LogP contribution in [-0.4, -0.2) is 13.2 Å². The minimum atomic E-state index is 0.406. The van der Waals surface area contributed by atoms with Gasteiger partial charge in [-0.1, -0.05) is 0 Å². The zero-order valence-electron chi connectivity index (χ0n) is 10.8. The molecular weight excluding hydrogens is 369 g/mol. The van der Waals surface area contributed by atoms with Gasteiger partial charge in [-0.15, -0.1) is 0 Å². The number of anilines is 1. The van der Waals surface area contributed by atoms with Crippen LogP contribution in [-0.2, 0) is 6.61 Å². The molecule has 0 aliphatic carbocycles. The van der Waals surface area contributed by atoms with Gasteiger partial charge in [0.15, 0.2) is 11.5 Å². The van der Waals surface area contributed by atoms with Crippen LogP contribution in [0.25, 0.3) is 0 Å². The fraction of sp³-hybridized carbons (Fsp3) is 0.200. The summed E-state index contributed by atoms with van der Waals surface area (Å²) in [6, 6.07) is 11.6. The van der Waals surface area contributed by atoms with E-state index < -0.39 is 0 Å². The van der Waals surface area contributed by atoms with Gasteiger partial charge in [0.2, 0.25) is 0 Å². The third-order valence-corrected chi connectivity index (χ3v) is 3.73. The van der Waals surface area contributed by atoms with Gasteiger partial charge in [-0.05, 0) is 52.9 Å². The van der Waals surface area contributed by atoms with Gasteiger partial charge in [-0.3, -0.25) is 0 Å². The topological polar surface area (TPSA) is 53.7 Å². The maximum absolute atomic E-state index is 6.02. The molecule has 104 valence electrons. The van der Waals surface area contributed by atoms with E-state index in [-0.39, 0.29) is 0 Å². The summed E-state index contributed by atoms with van der Waals surface area (Å²) in [4.78, 5) is 0. The monoisotopic (exact) mass is 383 g/mol. The summed E-state index contributed by atoms with van der Waals surface area (Å²) in [5, 5.41) is 0. The lowest BCUT2D eigenvalue weighted by molar-refractivity contribution is 0.171. The molecule has 2 aromatic carbocycles. The average molecular weight is 383 g/mol. The van der Waals surface area contributed by atoms with Crippen molar-refractivity contribution in [2.75, 3.05) is 18.9 Å². The van der Waals surface area contributed by atoms with Crippen LogP contribution in [0.3, 0.4) is 0 Å². The van der Waals surface area contributed by atoms with Gasteiger partial charge >= 0.3 is 0 Å². The molecule has 0 atom stereocenters. The molecule has 2 N–H and O–H groups in total. The van der Waals surface area contributed by atoms with Gasteiger partial charge in [0.05, 0.1) is 0 Å². The number of rotatable bonds is 3. The maximum atomic E-state index is 6.02. The van der Waals surface area contributed by atoms with Gasteiger partial charge < -0.3 is 19.9 Å². The van der Waals surface area contributed by atoms with Crippen molar-refractivity contribution < 1.29 is 14.2 Å². The highest BCUT2D eigenvalue weighted by atomic mass is 127. The summed E-state index contributed by atoms with van der Waals surface area (Å²) in [5.74, 6) is 2.25. The molecule has 0 unspecified atom stereocenters. The highest BCUT2D eigenvalue weighted by Crippen LogP contribution is 2.34. The third kappa shape index (κ3) is 2.92. The standard InChI is InChI=1S/C15H14INO3/c16-11-1-3-12(4-2-11)20-9-10-7-14-15(8-13(10)17)19-6-5-18-14/h1-4,7-8H,5-6,9,17H2. The number of benzene rings is 2. The second-order valence-corrected chi connectivity index (χ2v) is 5.68. The number of ether oxygens (including phenoxy) is 3. The Morgan fingerprint density at radius 3 is 2.40 bits per heavy atom. The molecule has 1 heterocycles. The Labute approximate surface area is 131 Å². The van der Waals surface area contributed by atoms with Crippen molar-refractivity contribution in [3.8, 4) is 17.2 Å². The Kier molecular flexibility index (Phi) is 3.86. The molecule has 5 heteroatoms. The molecule has 0 fully saturated rings. The zero-order valence-corrected chi connectivity index (χ0v) is 12.9. The summed E-state index contributed by atoms with van der Waals surface area (Å²) < 4.78 is 18.0. The summed E-state index contributed by atoms with van der Waals surface area (Å²) in [7, 11) is 0. The van der Waals surface area contributed by atoms with E-state index in [9.17, 15) is 0 Å². The largest absolute Gasteiger partial charge is 0.489 e. The van der Waals surface area contributed by atoms with Crippen LogP contribution in [0.5, 0.6) is 17.2 Å². The molecule has 0 saturated heterocycles. The number of nitrogen functional groups attached to an aromatic ring is 1. The van der Waals surface area contributed by atoms with E-state index in [0.717, 1.165) is 17.1 Å². The predicted molar refractivity (Wildman–Crippen MR) is 85.3 cm³/mol.